The fourth-order valence-corrected chi connectivity index (χ4v) is 3.12. The molecular formula is C14H24F2N2O. The summed E-state index contributed by atoms with van der Waals surface area (Å²) in [6, 6.07) is -0.702. The predicted molar refractivity (Wildman–Crippen MR) is 70.2 cm³/mol. The third-order valence-corrected chi connectivity index (χ3v) is 4.38. The summed E-state index contributed by atoms with van der Waals surface area (Å²) in [6.07, 6.45) is 7.05. The van der Waals surface area contributed by atoms with Crippen LogP contribution >= 0.6 is 0 Å². The Balaban J connectivity index is 1.73. The Hall–Kier alpha value is -0.710. The van der Waals surface area contributed by atoms with Crippen LogP contribution in [0.4, 0.5) is 8.78 Å². The first-order valence-electron chi connectivity index (χ1n) is 7.34. The molecular weight excluding hydrogens is 250 g/mol. The van der Waals surface area contributed by atoms with E-state index in [1.165, 1.54) is 32.1 Å². The maximum atomic E-state index is 13.1. The highest BCUT2D eigenvalue weighted by Crippen LogP contribution is 2.28. The first-order valence-corrected chi connectivity index (χ1v) is 7.34. The van der Waals surface area contributed by atoms with E-state index in [1.807, 2.05) is 0 Å². The van der Waals surface area contributed by atoms with E-state index in [0.717, 1.165) is 6.42 Å². The Bertz CT molecular complexity index is 317. The number of carbonyl (C=O) groups excluding carboxylic acids is 1. The summed E-state index contributed by atoms with van der Waals surface area (Å²) in [7, 11) is 1.73. The van der Waals surface area contributed by atoms with Crippen LogP contribution < -0.4 is 5.32 Å². The van der Waals surface area contributed by atoms with Gasteiger partial charge in [0.1, 0.15) is 0 Å². The van der Waals surface area contributed by atoms with E-state index >= 15 is 0 Å². The first kappa shape index (κ1) is 14.7. The summed E-state index contributed by atoms with van der Waals surface area (Å²) in [5.74, 6) is -2.21. The molecule has 1 unspecified atom stereocenters. The van der Waals surface area contributed by atoms with Gasteiger partial charge in [-0.25, -0.2) is 8.78 Å². The molecule has 1 saturated carbocycles. The van der Waals surface area contributed by atoms with Gasteiger partial charge in [-0.2, -0.15) is 0 Å². The lowest BCUT2D eigenvalue weighted by molar-refractivity contribution is -0.132. The Kier molecular flexibility index (Phi) is 4.76. The van der Waals surface area contributed by atoms with Gasteiger partial charge in [0.2, 0.25) is 5.91 Å². The van der Waals surface area contributed by atoms with E-state index in [0.29, 0.717) is 12.5 Å². The Morgan fingerprint density at radius 1 is 1.32 bits per heavy atom. The van der Waals surface area contributed by atoms with E-state index in [-0.39, 0.29) is 18.9 Å². The zero-order valence-corrected chi connectivity index (χ0v) is 11.6. The third-order valence-electron chi connectivity index (χ3n) is 4.38. The number of likely N-dealkylation sites (N-methyl/N-ethyl adjacent to an activating group) is 1. The van der Waals surface area contributed by atoms with Gasteiger partial charge in [-0.3, -0.25) is 10.1 Å². The molecule has 0 aromatic carbocycles. The maximum Gasteiger partial charge on any atom is 0.262 e. The molecule has 0 aromatic rings. The summed E-state index contributed by atoms with van der Waals surface area (Å²) < 4.78 is 26.1. The lowest BCUT2D eigenvalue weighted by Gasteiger charge is -2.26. The molecule has 110 valence electrons. The van der Waals surface area contributed by atoms with Crippen LogP contribution in [0.3, 0.4) is 0 Å². The minimum atomic E-state index is -2.73. The van der Waals surface area contributed by atoms with Crippen molar-refractivity contribution in [2.45, 2.75) is 56.9 Å². The number of hydrogen-bond donors (Lipinski definition) is 1. The lowest BCUT2D eigenvalue weighted by atomic mass is 9.87. The number of alkyl halides is 2. The van der Waals surface area contributed by atoms with Crippen molar-refractivity contribution in [2.75, 3.05) is 20.1 Å². The van der Waals surface area contributed by atoms with Gasteiger partial charge in [-0.15, -0.1) is 0 Å². The zero-order valence-electron chi connectivity index (χ0n) is 11.6. The van der Waals surface area contributed by atoms with Gasteiger partial charge in [0.05, 0.1) is 12.6 Å². The largest absolute Gasteiger partial charge is 0.344 e. The van der Waals surface area contributed by atoms with Gasteiger partial charge >= 0.3 is 0 Å². The van der Waals surface area contributed by atoms with Crippen LogP contribution in [0.25, 0.3) is 0 Å². The summed E-state index contributed by atoms with van der Waals surface area (Å²) >= 11 is 0. The molecule has 0 spiro atoms. The van der Waals surface area contributed by atoms with Gasteiger partial charge in [0.25, 0.3) is 5.92 Å². The standard InChI is InChI=1S/C14H24F2N2O/c1-18(8-7-11-5-3-2-4-6-11)13(19)12-9-14(15,16)10-17-12/h11-12,17H,2-10H2,1H3. The normalized spacial score (nSPS) is 27.4. The highest BCUT2D eigenvalue weighted by atomic mass is 19.3. The number of nitrogens with zero attached hydrogens (tertiary/aromatic N) is 1. The average molecular weight is 274 g/mol. The zero-order chi connectivity index (χ0) is 13.9. The molecule has 1 aliphatic heterocycles. The number of amides is 1. The van der Waals surface area contributed by atoms with Crippen molar-refractivity contribution in [2.24, 2.45) is 5.92 Å². The molecule has 1 heterocycles. The molecule has 5 heteroatoms. The number of hydrogen-bond acceptors (Lipinski definition) is 2. The second-order valence-electron chi connectivity index (χ2n) is 6.05. The van der Waals surface area contributed by atoms with Gasteiger partial charge in [0, 0.05) is 20.0 Å². The maximum absolute atomic E-state index is 13.1. The summed E-state index contributed by atoms with van der Waals surface area (Å²) in [5, 5.41) is 2.62. The van der Waals surface area contributed by atoms with E-state index in [9.17, 15) is 13.6 Å². The first-order chi connectivity index (χ1) is 8.98. The van der Waals surface area contributed by atoms with Gasteiger partial charge in [-0.1, -0.05) is 32.1 Å². The van der Waals surface area contributed by atoms with Crippen LogP contribution in [-0.2, 0) is 4.79 Å². The Morgan fingerprint density at radius 3 is 2.58 bits per heavy atom. The van der Waals surface area contributed by atoms with E-state index in [4.69, 9.17) is 0 Å². The number of rotatable bonds is 4. The summed E-state index contributed by atoms with van der Waals surface area (Å²) in [4.78, 5) is 13.7. The lowest BCUT2D eigenvalue weighted by Crippen LogP contribution is -2.42. The third kappa shape index (κ3) is 4.13. The average Bonchev–Trinajstić information content (AvgIpc) is 2.76. The van der Waals surface area contributed by atoms with Crippen LogP contribution in [0.2, 0.25) is 0 Å². The molecule has 3 nitrogen and oxygen atoms in total. The van der Waals surface area contributed by atoms with Crippen LogP contribution in [0.5, 0.6) is 0 Å². The van der Waals surface area contributed by atoms with Gasteiger partial charge < -0.3 is 4.90 Å². The van der Waals surface area contributed by atoms with Crippen molar-refractivity contribution in [1.82, 2.24) is 10.2 Å². The fourth-order valence-electron chi connectivity index (χ4n) is 3.12. The van der Waals surface area contributed by atoms with Crippen molar-refractivity contribution in [1.29, 1.82) is 0 Å². The highest BCUT2D eigenvalue weighted by Gasteiger charge is 2.43. The molecule has 1 atom stereocenters. The second kappa shape index (κ2) is 6.16. The van der Waals surface area contributed by atoms with Crippen LogP contribution in [-0.4, -0.2) is 42.9 Å². The van der Waals surface area contributed by atoms with Crippen LogP contribution in [0.15, 0.2) is 0 Å². The number of carbonyl (C=O) groups is 1. The monoisotopic (exact) mass is 274 g/mol. The number of nitrogens with one attached hydrogen (secondary N) is 1. The molecule has 0 radical (unpaired) electrons. The highest BCUT2D eigenvalue weighted by molar-refractivity contribution is 5.82. The van der Waals surface area contributed by atoms with E-state index < -0.39 is 12.0 Å². The topological polar surface area (TPSA) is 32.3 Å². The number of halogens is 2. The second-order valence-corrected chi connectivity index (χ2v) is 6.05. The van der Waals surface area contributed by atoms with Gasteiger partial charge in [-0.05, 0) is 12.3 Å². The SMILES string of the molecule is CN(CCC1CCCCC1)C(=O)C1CC(F)(F)CN1. The Labute approximate surface area is 113 Å². The predicted octanol–water partition coefficient (Wildman–Crippen LogP) is 2.41. The molecule has 1 saturated heterocycles. The molecule has 1 aliphatic carbocycles. The summed E-state index contributed by atoms with van der Waals surface area (Å²) in [6.45, 7) is 0.313. The fraction of sp³-hybridized carbons (Fsp3) is 0.929. The van der Waals surface area contributed by atoms with E-state index in [2.05, 4.69) is 5.32 Å². The van der Waals surface area contributed by atoms with Crippen LogP contribution in [0.1, 0.15) is 44.9 Å². The van der Waals surface area contributed by atoms with Crippen LogP contribution in [0, 0.1) is 5.92 Å². The molecule has 1 N–H and O–H groups in total. The molecule has 19 heavy (non-hydrogen) atoms. The molecule has 2 rings (SSSR count). The smallest absolute Gasteiger partial charge is 0.262 e. The minimum Gasteiger partial charge on any atom is -0.344 e. The van der Waals surface area contributed by atoms with Crippen molar-refractivity contribution in [3.8, 4) is 0 Å². The van der Waals surface area contributed by atoms with E-state index in [1.54, 1.807) is 11.9 Å². The summed E-state index contributed by atoms with van der Waals surface area (Å²) in [5.41, 5.74) is 0. The van der Waals surface area contributed by atoms with Gasteiger partial charge in [0.15, 0.2) is 0 Å². The molecule has 0 aromatic heterocycles. The van der Waals surface area contributed by atoms with Crippen molar-refractivity contribution in [3.63, 3.8) is 0 Å². The molecule has 2 fully saturated rings. The minimum absolute atomic E-state index is 0.187. The Morgan fingerprint density at radius 2 is 2.00 bits per heavy atom. The quantitative estimate of drug-likeness (QED) is 0.854. The molecule has 0 bridgehead atoms. The molecule has 1 amide bonds. The molecule has 2 aliphatic rings. The van der Waals surface area contributed by atoms with Crippen molar-refractivity contribution < 1.29 is 13.6 Å². The van der Waals surface area contributed by atoms with Crippen molar-refractivity contribution >= 4 is 5.91 Å². The van der Waals surface area contributed by atoms with Crippen molar-refractivity contribution in [3.05, 3.63) is 0 Å².